The molecule has 66 valence electrons. The molecule has 1 nitrogen and oxygen atoms in total. The molecule has 1 aliphatic heterocycles. The molecule has 1 heterocycles. The fraction of sp³-hybridized carbons (Fsp3) is 0.100. The zero-order valence-electron chi connectivity index (χ0n) is 6.79. The van der Waals surface area contributed by atoms with Crippen LogP contribution in [0, 0.1) is 5.82 Å². The predicted octanol–water partition coefficient (Wildman–Crippen LogP) is 2.83. The molecule has 1 aliphatic rings. The van der Waals surface area contributed by atoms with Gasteiger partial charge in [0.2, 0.25) is 0 Å². The lowest BCUT2D eigenvalue weighted by atomic mass is 10.1. The molecule has 0 fully saturated rings. The topological polar surface area (TPSA) is 17.1 Å². The van der Waals surface area contributed by atoms with Gasteiger partial charge in [-0.3, -0.25) is 4.79 Å². The van der Waals surface area contributed by atoms with Crippen molar-refractivity contribution in [3.63, 3.8) is 0 Å². The Morgan fingerprint density at radius 3 is 2.46 bits per heavy atom. The van der Waals surface area contributed by atoms with Gasteiger partial charge in [-0.25, -0.2) is 4.39 Å². The van der Waals surface area contributed by atoms with Crippen molar-refractivity contribution in [2.75, 3.05) is 0 Å². The van der Waals surface area contributed by atoms with Crippen molar-refractivity contribution in [2.24, 2.45) is 0 Å². The summed E-state index contributed by atoms with van der Waals surface area (Å²) in [7, 11) is 0. The summed E-state index contributed by atoms with van der Waals surface area (Å²) in [4.78, 5) is 10.9. The molecule has 1 aromatic carbocycles. The number of carbonyl (C=O) groups excluding carboxylic acids is 1. The van der Waals surface area contributed by atoms with E-state index in [0.29, 0.717) is 6.42 Å². The van der Waals surface area contributed by atoms with Gasteiger partial charge in [0.25, 0.3) is 0 Å². The van der Waals surface area contributed by atoms with Gasteiger partial charge in [0.15, 0.2) is 5.12 Å². The molecule has 0 bridgehead atoms. The second-order valence-corrected chi connectivity index (χ2v) is 3.74. The summed E-state index contributed by atoms with van der Waals surface area (Å²) in [5, 5.41) is 1.98. The van der Waals surface area contributed by atoms with Crippen LogP contribution in [0.4, 0.5) is 4.39 Å². The molecule has 0 atom stereocenters. The van der Waals surface area contributed by atoms with Crippen molar-refractivity contribution < 1.29 is 9.18 Å². The van der Waals surface area contributed by atoms with Gasteiger partial charge in [0.1, 0.15) is 5.82 Å². The lowest BCUT2D eigenvalue weighted by molar-refractivity contribution is -0.109. The fourth-order valence-electron chi connectivity index (χ4n) is 1.21. The highest BCUT2D eigenvalue weighted by Crippen LogP contribution is 2.31. The standard InChI is InChI=1S/C10H7FOS/c11-9-3-1-7(2-4-9)8-5-10(12)13-6-8/h1-4,6H,5H2. The van der Waals surface area contributed by atoms with Gasteiger partial charge in [-0.1, -0.05) is 23.9 Å². The van der Waals surface area contributed by atoms with Crippen LogP contribution in [-0.4, -0.2) is 5.12 Å². The van der Waals surface area contributed by atoms with E-state index in [1.54, 1.807) is 12.1 Å². The normalized spacial score (nSPS) is 16.1. The van der Waals surface area contributed by atoms with Crippen LogP contribution in [0.25, 0.3) is 5.57 Å². The maximum Gasteiger partial charge on any atom is 0.197 e. The van der Waals surface area contributed by atoms with Crippen LogP contribution in [-0.2, 0) is 4.79 Å². The molecule has 0 unspecified atom stereocenters. The monoisotopic (exact) mass is 194 g/mol. The SMILES string of the molecule is O=C1CC(c2ccc(F)cc2)=CS1. The average Bonchev–Trinajstić information content (AvgIpc) is 2.53. The third-order valence-corrected chi connectivity index (χ3v) is 2.69. The lowest BCUT2D eigenvalue weighted by Crippen LogP contribution is -1.86. The molecule has 0 aliphatic carbocycles. The number of hydrogen-bond donors (Lipinski definition) is 0. The van der Waals surface area contributed by atoms with Gasteiger partial charge < -0.3 is 0 Å². The number of thioether (sulfide) groups is 1. The first-order valence-corrected chi connectivity index (χ1v) is 4.78. The molecule has 0 aromatic heterocycles. The zero-order chi connectivity index (χ0) is 9.26. The number of carbonyl (C=O) groups is 1. The van der Waals surface area contributed by atoms with E-state index in [0.717, 1.165) is 11.1 Å². The van der Waals surface area contributed by atoms with E-state index in [4.69, 9.17) is 0 Å². The molecular weight excluding hydrogens is 187 g/mol. The van der Waals surface area contributed by atoms with E-state index in [1.165, 1.54) is 23.9 Å². The third kappa shape index (κ3) is 1.80. The highest BCUT2D eigenvalue weighted by molar-refractivity contribution is 8.16. The molecule has 0 radical (unpaired) electrons. The first-order chi connectivity index (χ1) is 6.25. The van der Waals surface area contributed by atoms with Crippen LogP contribution in [0.2, 0.25) is 0 Å². The Kier molecular flexibility index (Phi) is 2.19. The summed E-state index contributed by atoms with van der Waals surface area (Å²) >= 11 is 1.21. The van der Waals surface area contributed by atoms with E-state index in [-0.39, 0.29) is 10.9 Å². The number of hydrogen-bond acceptors (Lipinski definition) is 2. The average molecular weight is 194 g/mol. The van der Waals surface area contributed by atoms with Crippen molar-refractivity contribution in [3.8, 4) is 0 Å². The zero-order valence-corrected chi connectivity index (χ0v) is 7.60. The van der Waals surface area contributed by atoms with Gasteiger partial charge in [-0.05, 0) is 28.7 Å². The molecular formula is C10H7FOS. The van der Waals surface area contributed by atoms with E-state index >= 15 is 0 Å². The molecule has 0 amide bonds. The molecule has 13 heavy (non-hydrogen) atoms. The number of benzene rings is 1. The maximum atomic E-state index is 12.6. The Labute approximate surface area is 79.6 Å². The Hall–Kier alpha value is -1.09. The number of halogens is 1. The van der Waals surface area contributed by atoms with Crippen molar-refractivity contribution in [1.82, 2.24) is 0 Å². The first-order valence-electron chi connectivity index (χ1n) is 3.90. The second-order valence-electron chi connectivity index (χ2n) is 2.82. The Balaban J connectivity index is 2.27. The second kappa shape index (κ2) is 3.34. The van der Waals surface area contributed by atoms with Crippen molar-refractivity contribution in [1.29, 1.82) is 0 Å². The molecule has 3 heteroatoms. The minimum Gasteiger partial charge on any atom is -0.286 e. The van der Waals surface area contributed by atoms with Gasteiger partial charge in [-0.15, -0.1) is 0 Å². The van der Waals surface area contributed by atoms with Crippen LogP contribution in [0.1, 0.15) is 12.0 Å². The molecule has 1 aromatic rings. The van der Waals surface area contributed by atoms with E-state index < -0.39 is 0 Å². The fourth-order valence-corrected chi connectivity index (χ4v) is 1.94. The highest BCUT2D eigenvalue weighted by atomic mass is 32.2. The van der Waals surface area contributed by atoms with Crippen LogP contribution in [0.15, 0.2) is 29.7 Å². The summed E-state index contributed by atoms with van der Waals surface area (Å²) < 4.78 is 12.6. The first kappa shape index (κ1) is 8.51. The highest BCUT2D eigenvalue weighted by Gasteiger charge is 2.14. The molecule has 0 saturated heterocycles. The minimum absolute atomic E-state index is 0.152. The van der Waals surface area contributed by atoms with Gasteiger partial charge in [0.05, 0.1) is 0 Å². The largest absolute Gasteiger partial charge is 0.286 e. The van der Waals surface area contributed by atoms with Crippen molar-refractivity contribution in [2.45, 2.75) is 6.42 Å². The van der Waals surface area contributed by atoms with E-state index in [2.05, 4.69) is 0 Å². The van der Waals surface area contributed by atoms with Crippen LogP contribution in [0.3, 0.4) is 0 Å². The van der Waals surface area contributed by atoms with Crippen LogP contribution >= 0.6 is 11.8 Å². The summed E-state index contributed by atoms with van der Waals surface area (Å²) in [6.45, 7) is 0. The third-order valence-electron chi connectivity index (χ3n) is 1.88. The van der Waals surface area contributed by atoms with E-state index in [1.807, 2.05) is 5.41 Å². The quantitative estimate of drug-likeness (QED) is 0.683. The smallest absolute Gasteiger partial charge is 0.197 e. The number of rotatable bonds is 1. The van der Waals surface area contributed by atoms with Crippen LogP contribution < -0.4 is 0 Å². The molecule has 0 N–H and O–H groups in total. The minimum atomic E-state index is -0.249. The van der Waals surface area contributed by atoms with Gasteiger partial charge in [-0.2, -0.15) is 0 Å². The summed E-state index contributed by atoms with van der Waals surface area (Å²) in [5.41, 5.74) is 1.91. The maximum absolute atomic E-state index is 12.6. The Bertz CT molecular complexity index is 367. The van der Waals surface area contributed by atoms with Gasteiger partial charge >= 0.3 is 0 Å². The predicted molar refractivity (Wildman–Crippen MR) is 51.6 cm³/mol. The molecule has 2 rings (SSSR count). The van der Waals surface area contributed by atoms with Crippen molar-refractivity contribution in [3.05, 3.63) is 41.1 Å². The van der Waals surface area contributed by atoms with Crippen LogP contribution in [0.5, 0.6) is 0 Å². The Morgan fingerprint density at radius 2 is 1.92 bits per heavy atom. The van der Waals surface area contributed by atoms with Crippen molar-refractivity contribution >= 4 is 22.5 Å². The summed E-state index contributed by atoms with van der Waals surface area (Å²) in [6, 6.07) is 6.20. The van der Waals surface area contributed by atoms with E-state index in [9.17, 15) is 9.18 Å². The summed E-state index contributed by atoms with van der Waals surface area (Å²) in [6.07, 6.45) is 0.455. The van der Waals surface area contributed by atoms with Gasteiger partial charge in [0, 0.05) is 6.42 Å². The molecule has 0 spiro atoms. The number of allylic oxidation sites excluding steroid dienone is 1. The lowest BCUT2D eigenvalue weighted by Gasteiger charge is -1.99. The summed E-state index contributed by atoms with van der Waals surface area (Å²) in [5.74, 6) is -0.249. The Morgan fingerprint density at radius 1 is 1.23 bits per heavy atom. The molecule has 0 saturated carbocycles.